The molecule has 3 atom stereocenters. The Bertz CT molecular complexity index is 565. The monoisotopic (exact) mass is 330 g/mol. The quantitative estimate of drug-likeness (QED) is 0.914. The standard InChI is InChI=1S/C19H26N2O3/c22-19(13-21-9-10-23-18-8-4-2-6-16(18)21)20-12-15-11-14-5-1-3-7-17(14)24-15/h1,3,5,7,15-16,18H,2,4,6,8-13H2,(H,20,22)/t15-,16+,18+/m0/s1. The Morgan fingerprint density at radius 1 is 1.25 bits per heavy atom. The smallest absolute Gasteiger partial charge is 0.234 e. The van der Waals surface area contributed by atoms with Crippen molar-refractivity contribution in [3.05, 3.63) is 29.8 Å². The van der Waals surface area contributed by atoms with Crippen molar-refractivity contribution >= 4 is 5.91 Å². The van der Waals surface area contributed by atoms with Crippen LogP contribution in [0.15, 0.2) is 24.3 Å². The lowest BCUT2D eigenvalue weighted by Gasteiger charge is -2.43. The second-order valence-corrected chi connectivity index (χ2v) is 7.09. The summed E-state index contributed by atoms with van der Waals surface area (Å²) < 4.78 is 11.8. The third-order valence-corrected chi connectivity index (χ3v) is 5.43. The van der Waals surface area contributed by atoms with Crippen molar-refractivity contribution in [2.45, 2.75) is 50.4 Å². The van der Waals surface area contributed by atoms with Crippen LogP contribution < -0.4 is 10.1 Å². The largest absolute Gasteiger partial charge is 0.488 e. The van der Waals surface area contributed by atoms with Crippen LogP contribution in [0.1, 0.15) is 31.2 Å². The molecule has 2 heterocycles. The molecular weight excluding hydrogens is 304 g/mol. The van der Waals surface area contributed by atoms with E-state index in [1.165, 1.54) is 18.4 Å². The van der Waals surface area contributed by atoms with Crippen molar-refractivity contribution in [1.29, 1.82) is 0 Å². The summed E-state index contributed by atoms with van der Waals surface area (Å²) in [6.45, 7) is 2.66. The number of hydrogen-bond acceptors (Lipinski definition) is 4. The molecule has 3 aliphatic rings. The lowest BCUT2D eigenvalue weighted by atomic mass is 9.90. The van der Waals surface area contributed by atoms with Gasteiger partial charge in [-0.25, -0.2) is 0 Å². The summed E-state index contributed by atoms with van der Waals surface area (Å²) in [6.07, 6.45) is 6.04. The van der Waals surface area contributed by atoms with Crippen LogP contribution in [0.5, 0.6) is 5.75 Å². The minimum absolute atomic E-state index is 0.0541. The van der Waals surface area contributed by atoms with Gasteiger partial charge in [0, 0.05) is 19.0 Å². The minimum Gasteiger partial charge on any atom is -0.488 e. The molecular formula is C19H26N2O3. The molecule has 1 aliphatic carbocycles. The fourth-order valence-corrected chi connectivity index (χ4v) is 4.21. The molecule has 5 heteroatoms. The van der Waals surface area contributed by atoms with Crippen molar-refractivity contribution in [1.82, 2.24) is 10.2 Å². The molecule has 1 saturated heterocycles. The maximum atomic E-state index is 12.4. The second kappa shape index (κ2) is 7.11. The molecule has 0 spiro atoms. The fourth-order valence-electron chi connectivity index (χ4n) is 4.21. The molecule has 0 aromatic heterocycles. The van der Waals surface area contributed by atoms with Gasteiger partial charge in [-0.2, -0.15) is 0 Å². The average Bonchev–Trinajstić information content (AvgIpc) is 3.03. The highest BCUT2D eigenvalue weighted by molar-refractivity contribution is 5.78. The number of nitrogens with one attached hydrogen (secondary N) is 1. The van der Waals surface area contributed by atoms with Crippen molar-refractivity contribution in [3.63, 3.8) is 0 Å². The molecule has 130 valence electrons. The van der Waals surface area contributed by atoms with Crippen LogP contribution >= 0.6 is 0 Å². The molecule has 1 aromatic carbocycles. The highest BCUT2D eigenvalue weighted by Gasteiger charge is 2.35. The van der Waals surface area contributed by atoms with Crippen LogP contribution in [0.3, 0.4) is 0 Å². The van der Waals surface area contributed by atoms with Crippen molar-refractivity contribution in [2.75, 3.05) is 26.2 Å². The zero-order valence-corrected chi connectivity index (χ0v) is 14.1. The van der Waals surface area contributed by atoms with Gasteiger partial charge in [-0.05, 0) is 24.5 Å². The third-order valence-electron chi connectivity index (χ3n) is 5.43. The fraction of sp³-hybridized carbons (Fsp3) is 0.632. The van der Waals surface area contributed by atoms with E-state index in [4.69, 9.17) is 9.47 Å². The molecule has 1 amide bonds. The first-order chi connectivity index (χ1) is 11.8. The van der Waals surface area contributed by atoms with Gasteiger partial charge in [0.1, 0.15) is 11.9 Å². The number of fused-ring (bicyclic) bond motifs is 2. The van der Waals surface area contributed by atoms with Gasteiger partial charge in [0.15, 0.2) is 0 Å². The summed E-state index contributed by atoms with van der Waals surface area (Å²) in [5.74, 6) is 1.05. The second-order valence-electron chi connectivity index (χ2n) is 7.09. The zero-order valence-electron chi connectivity index (χ0n) is 14.1. The van der Waals surface area contributed by atoms with Gasteiger partial charge < -0.3 is 14.8 Å². The van der Waals surface area contributed by atoms with E-state index in [1.54, 1.807) is 0 Å². The first-order valence-corrected chi connectivity index (χ1v) is 9.16. The Kier molecular flexibility index (Phi) is 4.72. The van der Waals surface area contributed by atoms with Crippen molar-refractivity contribution < 1.29 is 14.3 Å². The number of morpholine rings is 1. The molecule has 5 nitrogen and oxygen atoms in total. The zero-order chi connectivity index (χ0) is 16.4. The maximum absolute atomic E-state index is 12.4. The Balaban J connectivity index is 1.25. The molecule has 2 aliphatic heterocycles. The Morgan fingerprint density at radius 2 is 2.12 bits per heavy atom. The Hall–Kier alpha value is -1.59. The van der Waals surface area contributed by atoms with E-state index < -0.39 is 0 Å². The number of carbonyl (C=O) groups excluding carboxylic acids is 1. The normalized spacial score (nSPS) is 29.4. The van der Waals surface area contributed by atoms with Gasteiger partial charge in [0.25, 0.3) is 0 Å². The lowest BCUT2D eigenvalue weighted by Crippen LogP contribution is -2.55. The maximum Gasteiger partial charge on any atom is 0.234 e. The number of hydrogen-bond donors (Lipinski definition) is 1. The van der Waals surface area contributed by atoms with Gasteiger partial charge in [-0.1, -0.05) is 31.0 Å². The van der Waals surface area contributed by atoms with E-state index in [-0.39, 0.29) is 12.0 Å². The first-order valence-electron chi connectivity index (χ1n) is 9.16. The van der Waals surface area contributed by atoms with Gasteiger partial charge in [-0.3, -0.25) is 9.69 Å². The van der Waals surface area contributed by atoms with Gasteiger partial charge in [-0.15, -0.1) is 0 Å². The molecule has 1 saturated carbocycles. The van der Waals surface area contributed by atoms with E-state index in [1.807, 2.05) is 18.2 Å². The van der Waals surface area contributed by atoms with Crippen LogP contribution in [-0.4, -0.2) is 55.3 Å². The Labute approximate surface area is 143 Å². The number of rotatable bonds is 4. The van der Waals surface area contributed by atoms with Gasteiger partial charge in [0.05, 0.1) is 25.8 Å². The van der Waals surface area contributed by atoms with Crippen molar-refractivity contribution in [2.24, 2.45) is 0 Å². The van der Waals surface area contributed by atoms with E-state index in [9.17, 15) is 4.79 Å². The van der Waals surface area contributed by atoms with Crippen molar-refractivity contribution in [3.8, 4) is 5.75 Å². The Morgan fingerprint density at radius 3 is 3.04 bits per heavy atom. The van der Waals surface area contributed by atoms with Crippen LogP contribution in [-0.2, 0) is 16.0 Å². The minimum atomic E-state index is 0.0541. The molecule has 4 rings (SSSR count). The number of amides is 1. The average molecular weight is 330 g/mol. The highest BCUT2D eigenvalue weighted by atomic mass is 16.5. The molecule has 0 unspecified atom stereocenters. The summed E-state index contributed by atoms with van der Waals surface area (Å²) in [5, 5.41) is 3.06. The molecule has 1 N–H and O–H groups in total. The van der Waals surface area contributed by atoms with E-state index in [0.29, 0.717) is 25.2 Å². The van der Waals surface area contributed by atoms with Crippen LogP contribution in [0.4, 0.5) is 0 Å². The summed E-state index contributed by atoms with van der Waals surface area (Å²) in [4.78, 5) is 14.7. The van der Waals surface area contributed by atoms with E-state index in [2.05, 4.69) is 16.3 Å². The van der Waals surface area contributed by atoms with Crippen LogP contribution in [0.2, 0.25) is 0 Å². The summed E-state index contributed by atoms with van der Waals surface area (Å²) in [7, 11) is 0. The van der Waals surface area contributed by atoms with Crippen LogP contribution in [0.25, 0.3) is 0 Å². The molecule has 1 aromatic rings. The SMILES string of the molecule is O=C(CN1CCO[C@@H]2CCCC[C@H]21)NC[C@@H]1Cc2ccccc2O1. The summed E-state index contributed by atoms with van der Waals surface area (Å²) in [6, 6.07) is 8.52. The summed E-state index contributed by atoms with van der Waals surface area (Å²) in [5.41, 5.74) is 1.23. The van der Waals surface area contributed by atoms with E-state index >= 15 is 0 Å². The third kappa shape index (κ3) is 3.42. The topological polar surface area (TPSA) is 50.8 Å². The molecule has 0 radical (unpaired) electrons. The number of carbonyl (C=O) groups is 1. The number of benzene rings is 1. The van der Waals surface area contributed by atoms with Gasteiger partial charge in [0.2, 0.25) is 5.91 Å². The predicted octanol–water partition coefficient (Wildman–Crippen LogP) is 1.75. The predicted molar refractivity (Wildman–Crippen MR) is 91.1 cm³/mol. The first kappa shape index (κ1) is 15.9. The molecule has 0 bridgehead atoms. The molecule has 2 fully saturated rings. The number of para-hydroxylation sites is 1. The van der Waals surface area contributed by atoms with Crippen LogP contribution in [0, 0.1) is 0 Å². The number of nitrogens with zero attached hydrogens (tertiary/aromatic N) is 1. The highest BCUT2D eigenvalue weighted by Crippen LogP contribution is 2.29. The summed E-state index contributed by atoms with van der Waals surface area (Å²) >= 11 is 0. The molecule has 24 heavy (non-hydrogen) atoms. The lowest BCUT2D eigenvalue weighted by molar-refractivity contribution is -0.129. The number of ether oxygens (including phenoxy) is 2. The van der Waals surface area contributed by atoms with E-state index in [0.717, 1.165) is 38.2 Å². The van der Waals surface area contributed by atoms with Gasteiger partial charge >= 0.3 is 0 Å².